The number of rotatable bonds is 8. The Balaban J connectivity index is 1.86. The van der Waals surface area contributed by atoms with Gasteiger partial charge in [-0.2, -0.15) is 0 Å². The first-order valence-electron chi connectivity index (χ1n) is 8.98. The third-order valence-electron chi connectivity index (χ3n) is 4.99. The van der Waals surface area contributed by atoms with E-state index in [0.717, 1.165) is 18.4 Å². The van der Waals surface area contributed by atoms with E-state index in [-0.39, 0.29) is 0 Å². The van der Waals surface area contributed by atoms with Crippen LogP contribution in [-0.2, 0) is 18.4 Å². The van der Waals surface area contributed by atoms with E-state index in [9.17, 15) is 5.11 Å². The van der Waals surface area contributed by atoms with Crippen molar-refractivity contribution in [1.29, 1.82) is 0 Å². The highest BCUT2D eigenvalue weighted by molar-refractivity contribution is 5.36. The average molecular weight is 288 g/mol. The number of fused-ring (bicyclic) bond motifs is 1. The van der Waals surface area contributed by atoms with E-state index in [4.69, 9.17) is 0 Å². The van der Waals surface area contributed by atoms with Crippen LogP contribution in [0.4, 0.5) is 0 Å². The predicted octanol–water partition coefficient (Wildman–Crippen LogP) is 5.52. The van der Waals surface area contributed by atoms with Crippen molar-refractivity contribution in [1.82, 2.24) is 0 Å². The summed E-state index contributed by atoms with van der Waals surface area (Å²) in [4.78, 5) is 0. The maximum atomic E-state index is 10.8. The molecule has 0 fully saturated rings. The molecule has 0 amide bonds. The molecule has 0 spiro atoms. The van der Waals surface area contributed by atoms with Crippen LogP contribution in [0.15, 0.2) is 18.2 Å². The summed E-state index contributed by atoms with van der Waals surface area (Å²) in [5.74, 6) is 0. The quantitative estimate of drug-likeness (QED) is 0.624. The van der Waals surface area contributed by atoms with Crippen LogP contribution >= 0.6 is 0 Å². The van der Waals surface area contributed by atoms with Gasteiger partial charge in [-0.3, -0.25) is 0 Å². The molecule has 0 radical (unpaired) electrons. The van der Waals surface area contributed by atoms with Crippen LogP contribution in [-0.4, -0.2) is 5.11 Å². The fourth-order valence-electron chi connectivity index (χ4n) is 3.46. The largest absolute Gasteiger partial charge is 0.385 e. The Labute approximate surface area is 130 Å². The van der Waals surface area contributed by atoms with Crippen molar-refractivity contribution < 1.29 is 5.11 Å². The van der Waals surface area contributed by atoms with Crippen molar-refractivity contribution in [3.05, 3.63) is 34.9 Å². The minimum atomic E-state index is -0.656. The summed E-state index contributed by atoms with van der Waals surface area (Å²) in [7, 11) is 0. The van der Waals surface area contributed by atoms with Crippen molar-refractivity contribution in [3.63, 3.8) is 0 Å². The molecule has 1 aromatic rings. The summed E-state index contributed by atoms with van der Waals surface area (Å²) in [6, 6.07) is 6.67. The highest BCUT2D eigenvalue weighted by Crippen LogP contribution is 2.31. The van der Waals surface area contributed by atoms with E-state index in [1.165, 1.54) is 68.9 Å². The summed E-state index contributed by atoms with van der Waals surface area (Å²) < 4.78 is 0. The zero-order chi connectivity index (χ0) is 15.1. The smallest absolute Gasteiger partial charge is 0.0868 e. The predicted molar refractivity (Wildman–Crippen MR) is 90.6 cm³/mol. The van der Waals surface area contributed by atoms with Gasteiger partial charge >= 0.3 is 0 Å². The van der Waals surface area contributed by atoms with E-state index in [1.54, 1.807) is 0 Å². The lowest BCUT2D eigenvalue weighted by atomic mass is 9.84. The molecule has 1 atom stereocenters. The Morgan fingerprint density at radius 3 is 2.38 bits per heavy atom. The molecular weight excluding hydrogens is 256 g/mol. The summed E-state index contributed by atoms with van der Waals surface area (Å²) >= 11 is 0. The van der Waals surface area contributed by atoms with Crippen LogP contribution < -0.4 is 0 Å². The Hall–Kier alpha value is -0.820. The van der Waals surface area contributed by atoms with Crippen molar-refractivity contribution in [2.45, 2.75) is 90.1 Å². The summed E-state index contributed by atoms with van der Waals surface area (Å²) in [5.41, 5.74) is 3.44. The molecule has 1 aromatic carbocycles. The topological polar surface area (TPSA) is 20.2 Å². The second-order valence-electron chi connectivity index (χ2n) is 6.98. The van der Waals surface area contributed by atoms with Gasteiger partial charge in [-0.1, -0.05) is 63.6 Å². The summed E-state index contributed by atoms with van der Waals surface area (Å²) in [5, 5.41) is 10.8. The minimum absolute atomic E-state index is 0.656. The number of hydrogen-bond donors (Lipinski definition) is 1. The van der Waals surface area contributed by atoms with Gasteiger partial charge in [-0.15, -0.1) is 0 Å². The van der Waals surface area contributed by atoms with Gasteiger partial charge in [0.1, 0.15) is 0 Å². The van der Waals surface area contributed by atoms with Crippen LogP contribution in [0.25, 0.3) is 0 Å². The number of aryl methyl sites for hydroxylation is 2. The Bertz CT molecular complexity index is 433. The lowest BCUT2D eigenvalue weighted by Gasteiger charge is -2.26. The van der Waals surface area contributed by atoms with Crippen LogP contribution in [0.5, 0.6) is 0 Å². The van der Waals surface area contributed by atoms with E-state index in [2.05, 4.69) is 25.1 Å². The zero-order valence-corrected chi connectivity index (χ0v) is 14.0. The third-order valence-corrected chi connectivity index (χ3v) is 4.99. The second-order valence-corrected chi connectivity index (χ2v) is 6.98. The highest BCUT2D eigenvalue weighted by atomic mass is 16.3. The SMILES string of the molecule is CCCCCCCCC(C)(O)c1ccc2c(c1)CCCC2. The lowest BCUT2D eigenvalue weighted by molar-refractivity contribution is 0.0447. The van der Waals surface area contributed by atoms with Gasteiger partial charge in [0, 0.05) is 0 Å². The van der Waals surface area contributed by atoms with Gasteiger partial charge in [-0.25, -0.2) is 0 Å². The van der Waals surface area contributed by atoms with Gasteiger partial charge in [-0.05, 0) is 55.7 Å². The van der Waals surface area contributed by atoms with Crippen LogP contribution in [0, 0.1) is 0 Å². The first kappa shape index (κ1) is 16.5. The third kappa shape index (κ3) is 4.85. The van der Waals surface area contributed by atoms with Gasteiger partial charge < -0.3 is 5.11 Å². The monoisotopic (exact) mass is 288 g/mol. The Morgan fingerprint density at radius 1 is 0.952 bits per heavy atom. The molecule has 0 aliphatic heterocycles. The van der Waals surface area contributed by atoms with E-state index in [0.29, 0.717) is 0 Å². The Kier molecular flexibility index (Phi) is 6.29. The number of benzene rings is 1. The number of unbranched alkanes of at least 4 members (excludes halogenated alkanes) is 5. The van der Waals surface area contributed by atoms with E-state index >= 15 is 0 Å². The minimum Gasteiger partial charge on any atom is -0.385 e. The normalized spacial score (nSPS) is 17.3. The average Bonchev–Trinajstić information content (AvgIpc) is 2.50. The molecule has 1 aliphatic rings. The molecule has 1 nitrogen and oxygen atoms in total. The standard InChI is InChI=1S/C20H32O/c1-3-4-5-6-7-10-15-20(2,21)19-14-13-17-11-8-9-12-18(17)16-19/h13-14,16,21H,3-12,15H2,1-2H3. The molecule has 1 heteroatoms. The van der Waals surface area contributed by atoms with Crippen LogP contribution in [0.1, 0.15) is 88.3 Å². The lowest BCUT2D eigenvalue weighted by Crippen LogP contribution is -2.21. The van der Waals surface area contributed by atoms with Crippen molar-refractivity contribution in [2.75, 3.05) is 0 Å². The molecule has 0 heterocycles. The summed E-state index contributed by atoms with van der Waals surface area (Å²) in [6.45, 7) is 4.24. The maximum Gasteiger partial charge on any atom is 0.0868 e. The first-order valence-corrected chi connectivity index (χ1v) is 8.98. The van der Waals surface area contributed by atoms with Crippen molar-refractivity contribution in [3.8, 4) is 0 Å². The van der Waals surface area contributed by atoms with Gasteiger partial charge in [0.2, 0.25) is 0 Å². The van der Waals surface area contributed by atoms with Crippen LogP contribution in [0.3, 0.4) is 0 Å². The molecule has 1 unspecified atom stereocenters. The molecule has 21 heavy (non-hydrogen) atoms. The number of hydrogen-bond acceptors (Lipinski definition) is 1. The molecule has 0 saturated carbocycles. The fraction of sp³-hybridized carbons (Fsp3) is 0.700. The molecule has 0 bridgehead atoms. The molecule has 1 aliphatic carbocycles. The molecule has 0 saturated heterocycles. The second kappa shape index (κ2) is 7.98. The highest BCUT2D eigenvalue weighted by Gasteiger charge is 2.23. The van der Waals surface area contributed by atoms with Crippen LogP contribution in [0.2, 0.25) is 0 Å². The van der Waals surface area contributed by atoms with E-state index < -0.39 is 5.60 Å². The maximum absolute atomic E-state index is 10.8. The molecule has 118 valence electrons. The molecule has 2 rings (SSSR count). The zero-order valence-electron chi connectivity index (χ0n) is 14.0. The Morgan fingerprint density at radius 2 is 1.62 bits per heavy atom. The summed E-state index contributed by atoms with van der Waals surface area (Å²) in [6.07, 6.45) is 13.6. The molecule has 1 N–H and O–H groups in total. The molecular formula is C20H32O. The first-order chi connectivity index (χ1) is 10.1. The van der Waals surface area contributed by atoms with E-state index in [1.807, 2.05) is 6.92 Å². The van der Waals surface area contributed by atoms with Gasteiger partial charge in [0.25, 0.3) is 0 Å². The van der Waals surface area contributed by atoms with Gasteiger partial charge in [0.05, 0.1) is 5.60 Å². The van der Waals surface area contributed by atoms with Gasteiger partial charge in [0.15, 0.2) is 0 Å². The van der Waals surface area contributed by atoms with Crippen molar-refractivity contribution in [2.24, 2.45) is 0 Å². The van der Waals surface area contributed by atoms with Crippen molar-refractivity contribution >= 4 is 0 Å². The fourth-order valence-corrected chi connectivity index (χ4v) is 3.46. The number of aliphatic hydroxyl groups is 1. The molecule has 0 aromatic heterocycles.